The van der Waals surface area contributed by atoms with Crippen LogP contribution in [0.25, 0.3) is 0 Å². The molecule has 2 heteroatoms. The van der Waals surface area contributed by atoms with Crippen LogP contribution < -0.4 is 5.32 Å². The summed E-state index contributed by atoms with van der Waals surface area (Å²) in [5, 5.41) is 12.7. The van der Waals surface area contributed by atoms with Crippen LogP contribution in [-0.4, -0.2) is 23.8 Å². The Kier molecular flexibility index (Phi) is 2.63. The third kappa shape index (κ3) is 1.45. The maximum absolute atomic E-state index is 9.12. The molecule has 0 spiro atoms. The van der Waals surface area contributed by atoms with E-state index in [4.69, 9.17) is 5.11 Å². The minimum absolute atomic E-state index is 0.238. The van der Waals surface area contributed by atoms with E-state index in [1.807, 2.05) is 0 Å². The van der Waals surface area contributed by atoms with Gasteiger partial charge in [0.25, 0.3) is 0 Å². The van der Waals surface area contributed by atoms with Crippen molar-refractivity contribution in [2.75, 3.05) is 6.61 Å². The van der Waals surface area contributed by atoms with Gasteiger partial charge in [-0.15, -0.1) is 0 Å². The van der Waals surface area contributed by atoms with Crippen molar-refractivity contribution in [3.63, 3.8) is 0 Å². The Morgan fingerprint density at radius 1 is 1.40 bits per heavy atom. The van der Waals surface area contributed by atoms with Crippen LogP contribution >= 0.6 is 0 Å². The maximum atomic E-state index is 9.12. The highest BCUT2D eigenvalue weighted by Crippen LogP contribution is 2.65. The van der Waals surface area contributed by atoms with Crippen LogP contribution in [0.15, 0.2) is 0 Å². The van der Waals surface area contributed by atoms with Crippen molar-refractivity contribution in [2.45, 2.75) is 59.0 Å². The fraction of sp³-hybridized carbons (Fsp3) is 1.00. The van der Waals surface area contributed by atoms with Crippen molar-refractivity contribution in [1.29, 1.82) is 0 Å². The molecule has 2 unspecified atom stereocenters. The normalized spacial score (nSPS) is 44.6. The molecule has 2 saturated carbocycles. The standard InChI is InChI=1S/C13H25NO/c1-9(8-15)14-11-7-10-5-6-13(11,4)12(10,2)3/h9-11,14-15H,5-8H2,1-4H3/t9?,10-,11?,13+/m0/s1. The second-order valence-electron chi connectivity index (χ2n) is 6.41. The van der Waals surface area contributed by atoms with Gasteiger partial charge in [0.1, 0.15) is 0 Å². The number of hydrogen-bond donors (Lipinski definition) is 2. The van der Waals surface area contributed by atoms with E-state index >= 15 is 0 Å². The molecule has 0 aliphatic heterocycles. The number of hydrogen-bond acceptors (Lipinski definition) is 2. The molecule has 2 nitrogen and oxygen atoms in total. The molecule has 2 rings (SSSR count). The highest BCUT2D eigenvalue weighted by molar-refractivity contribution is 5.13. The van der Waals surface area contributed by atoms with Gasteiger partial charge in [0.15, 0.2) is 0 Å². The lowest BCUT2D eigenvalue weighted by molar-refractivity contribution is 0.109. The minimum atomic E-state index is 0.238. The lowest BCUT2D eigenvalue weighted by Crippen LogP contribution is -2.48. The largest absolute Gasteiger partial charge is 0.395 e. The van der Waals surface area contributed by atoms with Gasteiger partial charge in [-0.3, -0.25) is 0 Å². The zero-order valence-electron chi connectivity index (χ0n) is 10.5. The van der Waals surface area contributed by atoms with Gasteiger partial charge in [0, 0.05) is 12.1 Å². The van der Waals surface area contributed by atoms with Crippen molar-refractivity contribution in [1.82, 2.24) is 5.32 Å². The molecular weight excluding hydrogens is 186 g/mol. The average molecular weight is 211 g/mol. The first-order valence-electron chi connectivity index (χ1n) is 6.28. The molecule has 0 amide bonds. The molecule has 0 radical (unpaired) electrons. The smallest absolute Gasteiger partial charge is 0.0582 e. The van der Waals surface area contributed by atoms with Crippen molar-refractivity contribution >= 4 is 0 Å². The molecule has 4 atom stereocenters. The summed E-state index contributed by atoms with van der Waals surface area (Å²) in [6.45, 7) is 9.60. The van der Waals surface area contributed by atoms with Crippen LogP contribution in [0, 0.1) is 16.7 Å². The number of aliphatic hydroxyl groups excluding tert-OH is 1. The van der Waals surface area contributed by atoms with Crippen LogP contribution in [0.3, 0.4) is 0 Å². The van der Waals surface area contributed by atoms with E-state index in [1.165, 1.54) is 19.3 Å². The van der Waals surface area contributed by atoms with Crippen LogP contribution in [0.1, 0.15) is 47.0 Å². The first-order valence-corrected chi connectivity index (χ1v) is 6.28. The summed E-state index contributed by atoms with van der Waals surface area (Å²) in [5.41, 5.74) is 0.904. The molecule has 2 fully saturated rings. The highest BCUT2D eigenvalue weighted by Gasteiger charge is 2.61. The van der Waals surface area contributed by atoms with Gasteiger partial charge in [-0.05, 0) is 42.9 Å². The summed E-state index contributed by atoms with van der Waals surface area (Å²) in [5.74, 6) is 0.880. The molecule has 0 aromatic rings. The lowest BCUT2D eigenvalue weighted by atomic mass is 9.69. The van der Waals surface area contributed by atoms with Crippen molar-refractivity contribution in [2.24, 2.45) is 16.7 Å². The van der Waals surface area contributed by atoms with Gasteiger partial charge in [0.05, 0.1) is 6.61 Å². The summed E-state index contributed by atoms with van der Waals surface area (Å²) >= 11 is 0. The molecule has 0 saturated heterocycles. The summed E-state index contributed by atoms with van der Waals surface area (Å²) in [6.07, 6.45) is 4.05. The molecule has 2 N–H and O–H groups in total. The molecule has 0 aromatic heterocycles. The van der Waals surface area contributed by atoms with Crippen LogP contribution in [0.4, 0.5) is 0 Å². The molecular formula is C13H25NO. The van der Waals surface area contributed by atoms with E-state index in [9.17, 15) is 0 Å². The number of nitrogens with one attached hydrogen (secondary N) is 1. The molecule has 2 aliphatic rings. The van der Waals surface area contributed by atoms with Gasteiger partial charge in [-0.25, -0.2) is 0 Å². The predicted octanol–water partition coefficient (Wildman–Crippen LogP) is 2.17. The second kappa shape index (κ2) is 3.46. The number of rotatable bonds is 3. The highest BCUT2D eigenvalue weighted by atomic mass is 16.3. The van der Waals surface area contributed by atoms with Crippen LogP contribution in [-0.2, 0) is 0 Å². The molecule has 0 aromatic carbocycles. The number of aliphatic hydroxyl groups is 1. The Balaban J connectivity index is 2.12. The summed E-state index contributed by atoms with van der Waals surface area (Å²) in [6, 6.07) is 0.843. The first-order chi connectivity index (χ1) is 6.91. The fourth-order valence-corrected chi connectivity index (χ4v) is 3.85. The molecule has 2 aliphatic carbocycles. The van der Waals surface area contributed by atoms with E-state index in [0.29, 0.717) is 16.9 Å². The zero-order valence-corrected chi connectivity index (χ0v) is 10.5. The summed E-state index contributed by atoms with van der Waals surface area (Å²) in [4.78, 5) is 0. The van der Waals surface area contributed by atoms with Gasteiger partial charge >= 0.3 is 0 Å². The molecule has 15 heavy (non-hydrogen) atoms. The third-order valence-corrected chi connectivity index (χ3v) is 5.55. The Bertz CT molecular complexity index is 251. The fourth-order valence-electron chi connectivity index (χ4n) is 3.85. The van der Waals surface area contributed by atoms with Gasteiger partial charge in [-0.2, -0.15) is 0 Å². The first kappa shape index (κ1) is 11.4. The lowest BCUT2D eigenvalue weighted by Gasteiger charge is -2.40. The average Bonchev–Trinajstić information content (AvgIpc) is 2.50. The number of fused-ring (bicyclic) bond motifs is 2. The molecule has 88 valence electrons. The minimum Gasteiger partial charge on any atom is -0.395 e. The van der Waals surface area contributed by atoms with Gasteiger partial charge in [-0.1, -0.05) is 20.8 Å². The van der Waals surface area contributed by atoms with E-state index in [-0.39, 0.29) is 12.6 Å². The monoisotopic (exact) mass is 211 g/mol. The quantitative estimate of drug-likeness (QED) is 0.750. The maximum Gasteiger partial charge on any atom is 0.0582 e. The Morgan fingerprint density at radius 2 is 2.07 bits per heavy atom. The van der Waals surface area contributed by atoms with Crippen molar-refractivity contribution < 1.29 is 5.11 Å². The predicted molar refractivity (Wildman–Crippen MR) is 62.7 cm³/mol. The third-order valence-electron chi connectivity index (χ3n) is 5.55. The Hall–Kier alpha value is -0.0800. The van der Waals surface area contributed by atoms with Crippen LogP contribution in [0.5, 0.6) is 0 Å². The summed E-state index contributed by atoms with van der Waals surface area (Å²) < 4.78 is 0. The van der Waals surface area contributed by atoms with Gasteiger partial charge in [0.2, 0.25) is 0 Å². The van der Waals surface area contributed by atoms with E-state index < -0.39 is 0 Å². The van der Waals surface area contributed by atoms with Crippen LogP contribution in [0.2, 0.25) is 0 Å². The Labute approximate surface area is 93.5 Å². The van der Waals surface area contributed by atoms with E-state index in [2.05, 4.69) is 33.0 Å². The van der Waals surface area contributed by atoms with E-state index in [0.717, 1.165) is 5.92 Å². The molecule has 2 bridgehead atoms. The molecule has 0 heterocycles. The summed E-state index contributed by atoms with van der Waals surface area (Å²) in [7, 11) is 0. The Morgan fingerprint density at radius 3 is 2.47 bits per heavy atom. The van der Waals surface area contributed by atoms with Gasteiger partial charge < -0.3 is 10.4 Å². The van der Waals surface area contributed by atoms with Crippen molar-refractivity contribution in [3.05, 3.63) is 0 Å². The topological polar surface area (TPSA) is 32.3 Å². The SMILES string of the molecule is CC(CO)NC1C[C@@H]2CC[C@@]1(C)C2(C)C. The second-order valence-corrected chi connectivity index (χ2v) is 6.41. The van der Waals surface area contributed by atoms with Crippen molar-refractivity contribution in [3.8, 4) is 0 Å². The zero-order chi connectivity index (χ0) is 11.3. The van der Waals surface area contributed by atoms with E-state index in [1.54, 1.807) is 0 Å².